The van der Waals surface area contributed by atoms with Gasteiger partial charge in [0.15, 0.2) is 0 Å². The zero-order chi connectivity index (χ0) is 17.5. The van der Waals surface area contributed by atoms with Gasteiger partial charge in [0.05, 0.1) is 0 Å². The van der Waals surface area contributed by atoms with Crippen molar-refractivity contribution in [2.75, 3.05) is 13.1 Å². The van der Waals surface area contributed by atoms with Gasteiger partial charge in [0, 0.05) is 38.0 Å². The molecule has 0 atom stereocenters. The number of amides is 2. The molecule has 1 fully saturated rings. The van der Waals surface area contributed by atoms with Crippen LogP contribution in [0.5, 0.6) is 0 Å². The van der Waals surface area contributed by atoms with Crippen molar-refractivity contribution in [2.24, 2.45) is 0 Å². The summed E-state index contributed by atoms with van der Waals surface area (Å²) in [5, 5.41) is 16.8. The lowest BCUT2D eigenvalue weighted by molar-refractivity contribution is -0.131. The van der Waals surface area contributed by atoms with Crippen LogP contribution in [0.25, 0.3) is 11.4 Å². The number of rotatable bonds is 6. The minimum atomic E-state index is -0.0537. The van der Waals surface area contributed by atoms with Crippen molar-refractivity contribution in [3.8, 4) is 11.4 Å². The quantitative estimate of drug-likeness (QED) is 0.823. The second kappa shape index (κ2) is 8.36. The van der Waals surface area contributed by atoms with Crippen LogP contribution in [0.2, 0.25) is 0 Å². The van der Waals surface area contributed by atoms with Gasteiger partial charge in [-0.3, -0.25) is 9.59 Å². The molecule has 132 valence electrons. The molecule has 1 saturated heterocycles. The van der Waals surface area contributed by atoms with Crippen LogP contribution in [0.15, 0.2) is 24.3 Å². The van der Waals surface area contributed by atoms with E-state index < -0.39 is 0 Å². The molecule has 8 nitrogen and oxygen atoms in total. The van der Waals surface area contributed by atoms with Gasteiger partial charge in [-0.15, -0.1) is 10.2 Å². The molecule has 0 unspecified atom stereocenters. The van der Waals surface area contributed by atoms with E-state index in [-0.39, 0.29) is 11.8 Å². The molecule has 1 aromatic carbocycles. The topological polar surface area (TPSA) is 104 Å². The predicted octanol–water partition coefficient (Wildman–Crippen LogP) is 1.28. The molecule has 1 aliphatic heterocycles. The Morgan fingerprint density at radius 3 is 3.04 bits per heavy atom. The SMILES string of the molecule is O=C(CCN1CCCCCC1=O)NCc1cccc(-c2nn[nH]n2)c1. The Bertz CT molecular complexity index is 716. The molecule has 0 bridgehead atoms. The summed E-state index contributed by atoms with van der Waals surface area (Å²) in [7, 11) is 0. The molecule has 0 spiro atoms. The van der Waals surface area contributed by atoms with E-state index in [4.69, 9.17) is 0 Å². The number of aromatic nitrogens is 4. The van der Waals surface area contributed by atoms with Gasteiger partial charge in [0.1, 0.15) is 0 Å². The second-order valence-electron chi connectivity index (χ2n) is 6.15. The molecule has 2 aromatic rings. The number of nitrogens with one attached hydrogen (secondary N) is 2. The number of aromatic amines is 1. The highest BCUT2D eigenvalue weighted by molar-refractivity contribution is 5.79. The van der Waals surface area contributed by atoms with Crippen LogP contribution in [0, 0.1) is 0 Å². The second-order valence-corrected chi connectivity index (χ2v) is 6.15. The number of carbonyl (C=O) groups is 2. The lowest BCUT2D eigenvalue weighted by Gasteiger charge is -2.20. The lowest BCUT2D eigenvalue weighted by Crippen LogP contribution is -2.34. The minimum Gasteiger partial charge on any atom is -0.352 e. The Kier molecular flexibility index (Phi) is 5.71. The molecule has 2 heterocycles. The summed E-state index contributed by atoms with van der Waals surface area (Å²) < 4.78 is 0. The Labute approximate surface area is 146 Å². The highest BCUT2D eigenvalue weighted by Gasteiger charge is 2.17. The van der Waals surface area contributed by atoms with Crippen molar-refractivity contribution in [3.05, 3.63) is 29.8 Å². The molecule has 0 saturated carbocycles. The van der Waals surface area contributed by atoms with Gasteiger partial charge in [-0.05, 0) is 29.7 Å². The number of carbonyl (C=O) groups excluding carboxylic acids is 2. The van der Waals surface area contributed by atoms with Crippen molar-refractivity contribution in [2.45, 2.75) is 38.6 Å². The molecule has 0 radical (unpaired) electrons. The highest BCUT2D eigenvalue weighted by atomic mass is 16.2. The molecule has 1 aliphatic rings. The van der Waals surface area contributed by atoms with E-state index in [0.717, 1.165) is 36.9 Å². The van der Waals surface area contributed by atoms with E-state index in [0.29, 0.717) is 31.8 Å². The largest absolute Gasteiger partial charge is 0.352 e. The van der Waals surface area contributed by atoms with Crippen LogP contribution in [0.1, 0.15) is 37.7 Å². The van der Waals surface area contributed by atoms with Crippen LogP contribution in [-0.4, -0.2) is 50.4 Å². The average molecular weight is 342 g/mol. The van der Waals surface area contributed by atoms with E-state index in [1.165, 1.54) is 0 Å². The van der Waals surface area contributed by atoms with Crippen LogP contribution in [-0.2, 0) is 16.1 Å². The smallest absolute Gasteiger partial charge is 0.222 e. The fraction of sp³-hybridized carbons (Fsp3) is 0.471. The van der Waals surface area contributed by atoms with Crippen molar-refractivity contribution >= 4 is 11.8 Å². The first kappa shape index (κ1) is 17.1. The average Bonchev–Trinajstić information content (AvgIpc) is 3.09. The summed E-state index contributed by atoms with van der Waals surface area (Å²) in [6.45, 7) is 1.69. The Morgan fingerprint density at radius 1 is 1.28 bits per heavy atom. The third-order valence-electron chi connectivity index (χ3n) is 4.30. The molecular weight excluding hydrogens is 320 g/mol. The highest BCUT2D eigenvalue weighted by Crippen LogP contribution is 2.15. The van der Waals surface area contributed by atoms with Gasteiger partial charge in [-0.1, -0.05) is 24.6 Å². The zero-order valence-electron chi connectivity index (χ0n) is 14.1. The molecular formula is C17H22N6O2. The lowest BCUT2D eigenvalue weighted by atomic mass is 10.1. The molecule has 0 aliphatic carbocycles. The van der Waals surface area contributed by atoms with E-state index in [2.05, 4.69) is 25.9 Å². The number of hydrogen-bond donors (Lipinski definition) is 2. The Morgan fingerprint density at radius 2 is 2.20 bits per heavy atom. The Balaban J connectivity index is 1.47. The van der Waals surface area contributed by atoms with Gasteiger partial charge in [0.2, 0.25) is 17.6 Å². The number of tetrazole rings is 1. The summed E-state index contributed by atoms with van der Waals surface area (Å²) in [5.41, 5.74) is 1.80. The third-order valence-corrected chi connectivity index (χ3v) is 4.30. The summed E-state index contributed by atoms with van der Waals surface area (Å²) in [6.07, 6.45) is 4.00. The third kappa shape index (κ3) is 4.85. The number of nitrogens with zero attached hydrogens (tertiary/aromatic N) is 4. The van der Waals surface area contributed by atoms with Crippen LogP contribution >= 0.6 is 0 Å². The van der Waals surface area contributed by atoms with Crippen molar-refractivity contribution in [3.63, 3.8) is 0 Å². The van der Waals surface area contributed by atoms with E-state index in [1.54, 1.807) is 0 Å². The summed E-state index contributed by atoms with van der Waals surface area (Å²) in [6, 6.07) is 7.63. The predicted molar refractivity (Wildman–Crippen MR) is 91.1 cm³/mol. The number of hydrogen-bond acceptors (Lipinski definition) is 5. The first-order valence-corrected chi connectivity index (χ1v) is 8.59. The van der Waals surface area contributed by atoms with Crippen molar-refractivity contribution < 1.29 is 9.59 Å². The van der Waals surface area contributed by atoms with Crippen LogP contribution in [0.4, 0.5) is 0 Å². The zero-order valence-corrected chi connectivity index (χ0v) is 14.1. The maximum absolute atomic E-state index is 12.1. The molecule has 8 heteroatoms. The summed E-state index contributed by atoms with van der Waals surface area (Å²) >= 11 is 0. The monoisotopic (exact) mass is 342 g/mol. The number of benzene rings is 1. The maximum atomic E-state index is 12.1. The van der Waals surface area contributed by atoms with Crippen molar-refractivity contribution in [1.29, 1.82) is 0 Å². The maximum Gasteiger partial charge on any atom is 0.222 e. The first-order chi connectivity index (χ1) is 12.2. The minimum absolute atomic E-state index is 0.0537. The number of likely N-dealkylation sites (tertiary alicyclic amines) is 1. The normalized spacial score (nSPS) is 15.0. The van der Waals surface area contributed by atoms with Gasteiger partial charge < -0.3 is 10.2 Å². The summed E-state index contributed by atoms with van der Waals surface area (Å²) in [4.78, 5) is 25.8. The van der Waals surface area contributed by atoms with E-state index >= 15 is 0 Å². The van der Waals surface area contributed by atoms with E-state index in [9.17, 15) is 9.59 Å². The van der Waals surface area contributed by atoms with Crippen molar-refractivity contribution in [1.82, 2.24) is 30.8 Å². The fourth-order valence-electron chi connectivity index (χ4n) is 2.90. The standard InChI is InChI=1S/C17H22N6O2/c24-15(8-10-23-9-3-1-2-7-16(23)25)18-12-13-5-4-6-14(11-13)17-19-21-22-20-17/h4-6,11H,1-3,7-10,12H2,(H,18,24)(H,19,20,21,22). The van der Waals surface area contributed by atoms with Gasteiger partial charge >= 0.3 is 0 Å². The molecule has 1 aromatic heterocycles. The molecule has 3 rings (SSSR count). The first-order valence-electron chi connectivity index (χ1n) is 8.59. The number of H-pyrrole nitrogens is 1. The van der Waals surface area contributed by atoms with Gasteiger partial charge in [0.25, 0.3) is 0 Å². The van der Waals surface area contributed by atoms with Crippen LogP contribution in [0.3, 0.4) is 0 Å². The fourth-order valence-corrected chi connectivity index (χ4v) is 2.90. The van der Waals surface area contributed by atoms with Gasteiger partial charge in [-0.25, -0.2) is 0 Å². The summed E-state index contributed by atoms with van der Waals surface area (Å²) in [5.74, 6) is 0.632. The van der Waals surface area contributed by atoms with Crippen LogP contribution < -0.4 is 5.32 Å². The van der Waals surface area contributed by atoms with E-state index in [1.807, 2.05) is 29.2 Å². The van der Waals surface area contributed by atoms with Gasteiger partial charge in [-0.2, -0.15) is 5.21 Å². The Hall–Kier alpha value is -2.77. The molecule has 25 heavy (non-hydrogen) atoms. The molecule has 2 N–H and O–H groups in total. The molecule has 2 amide bonds.